The summed E-state index contributed by atoms with van der Waals surface area (Å²) in [5, 5.41) is 64.3. The summed E-state index contributed by atoms with van der Waals surface area (Å²) in [6.45, 7) is 0. The molecule has 0 aromatic heterocycles. The number of benzene rings is 3. The van der Waals surface area contributed by atoms with E-state index in [0.717, 1.165) is 22.9 Å². The van der Waals surface area contributed by atoms with Gasteiger partial charge >= 0.3 is 0 Å². The van der Waals surface area contributed by atoms with Gasteiger partial charge in [-0.2, -0.15) is 0 Å². The van der Waals surface area contributed by atoms with E-state index in [1.54, 1.807) is 18.2 Å². The Labute approximate surface area is 146 Å². The molecule has 26 heavy (non-hydrogen) atoms. The molecule has 0 spiro atoms. The van der Waals surface area contributed by atoms with Crippen molar-refractivity contribution >= 4 is 39.2 Å². The minimum Gasteiger partial charge on any atom is -0.769 e. The molecule has 0 saturated carbocycles. The van der Waals surface area contributed by atoms with Gasteiger partial charge < -0.3 is 31.4 Å². The van der Waals surface area contributed by atoms with E-state index in [1.807, 2.05) is 24.3 Å². The van der Waals surface area contributed by atoms with Gasteiger partial charge in [0.2, 0.25) is 0 Å². The summed E-state index contributed by atoms with van der Waals surface area (Å²) >= 11 is 0. The van der Waals surface area contributed by atoms with Crippen LogP contribution in [-0.4, -0.2) is 15.6 Å². The zero-order valence-corrected chi connectivity index (χ0v) is 13.1. The maximum absolute atomic E-state index is 11.4. The molecule has 0 aliphatic heterocycles. The van der Waals surface area contributed by atoms with Gasteiger partial charge in [0, 0.05) is 11.4 Å². The molecule has 0 bridgehead atoms. The predicted octanol–water partition coefficient (Wildman–Crippen LogP) is 3.66. The molecule has 3 rings (SSSR count). The number of hydrogen-bond acceptors (Lipinski definition) is 10. The van der Waals surface area contributed by atoms with Crippen LogP contribution in [0.4, 0.5) is 28.4 Å². The number of anilines is 5. The van der Waals surface area contributed by atoms with Gasteiger partial charge in [-0.3, -0.25) is 15.6 Å². The van der Waals surface area contributed by atoms with Crippen molar-refractivity contribution in [2.75, 3.05) is 21.0 Å². The Bertz CT molecular complexity index is 903. The van der Waals surface area contributed by atoms with E-state index < -0.39 is 27.5 Å². The summed E-state index contributed by atoms with van der Waals surface area (Å²) in [7, 11) is 0. The molecule has 0 atom stereocenters. The highest BCUT2D eigenvalue weighted by Crippen LogP contribution is 2.40. The number of hydrogen-bond donors (Lipinski definition) is 4. The Hall–Kier alpha value is -3.12. The normalized spacial score (nSPS) is 10.7. The average molecular weight is 357 g/mol. The molecular weight excluding hydrogens is 344 g/mol. The van der Waals surface area contributed by atoms with Crippen LogP contribution in [0, 0.1) is 15.6 Å². The molecule has 0 amide bonds. The Kier molecular flexibility index (Phi) is 4.77. The Balaban J connectivity index is 2.11. The van der Waals surface area contributed by atoms with Crippen molar-refractivity contribution in [2.45, 2.75) is 0 Å². The fourth-order valence-electron chi connectivity index (χ4n) is 2.55. The number of rotatable bonds is 5. The largest absolute Gasteiger partial charge is 0.769 e. The van der Waals surface area contributed by atoms with Crippen molar-refractivity contribution in [3.8, 4) is 0 Å². The van der Waals surface area contributed by atoms with Crippen LogP contribution in [0.2, 0.25) is 0 Å². The maximum atomic E-state index is 11.4. The van der Waals surface area contributed by atoms with Gasteiger partial charge in [-0.1, -0.05) is 30.3 Å². The number of nitrogens with one attached hydrogen (secondary N) is 1. The van der Waals surface area contributed by atoms with E-state index >= 15 is 0 Å². The molecule has 0 aliphatic carbocycles. The second-order valence-electron chi connectivity index (χ2n) is 5.37. The van der Waals surface area contributed by atoms with Crippen LogP contribution in [0.5, 0.6) is 0 Å². The second kappa shape index (κ2) is 7.01. The van der Waals surface area contributed by atoms with Crippen LogP contribution >= 0.6 is 0 Å². The highest BCUT2D eigenvalue weighted by Gasteiger charge is 2.16. The molecule has 10 heteroatoms. The smallest absolute Gasteiger partial charge is 0.122 e. The predicted molar refractivity (Wildman–Crippen MR) is 96.6 cm³/mol. The summed E-state index contributed by atoms with van der Waals surface area (Å²) < 4.78 is 0. The Morgan fingerprint density at radius 2 is 1.42 bits per heavy atom. The summed E-state index contributed by atoms with van der Waals surface area (Å²) in [5.74, 6) is 0. The SMILES string of the molecule is [O-]N([O-])c1cc(N([O-])O)c(Nc2ccc3ccccc3c2)c(N(O)O)c1. The zero-order chi connectivity index (χ0) is 18.8. The van der Waals surface area contributed by atoms with Gasteiger partial charge in [0.15, 0.2) is 0 Å². The molecule has 0 fully saturated rings. The molecule has 0 unspecified atom stereocenters. The first kappa shape index (κ1) is 17.7. The third kappa shape index (κ3) is 3.45. The quantitative estimate of drug-likeness (QED) is 0.498. The van der Waals surface area contributed by atoms with E-state index in [0.29, 0.717) is 5.69 Å². The van der Waals surface area contributed by atoms with Crippen LogP contribution in [-0.2, 0) is 0 Å². The fraction of sp³-hybridized carbons (Fsp3) is 0. The lowest BCUT2D eigenvalue weighted by Crippen LogP contribution is -2.18. The zero-order valence-electron chi connectivity index (χ0n) is 13.1. The van der Waals surface area contributed by atoms with E-state index in [9.17, 15) is 31.2 Å². The highest BCUT2D eigenvalue weighted by atomic mass is 16.8. The molecule has 136 valence electrons. The van der Waals surface area contributed by atoms with Crippen LogP contribution in [0.25, 0.3) is 10.8 Å². The highest BCUT2D eigenvalue weighted by molar-refractivity contribution is 5.92. The van der Waals surface area contributed by atoms with Gasteiger partial charge in [-0.05, 0) is 35.0 Å². The van der Waals surface area contributed by atoms with Crippen molar-refractivity contribution in [1.29, 1.82) is 0 Å². The molecule has 0 radical (unpaired) electrons. The molecular formula is C16H13N4O6-3. The van der Waals surface area contributed by atoms with E-state index in [1.165, 1.54) is 0 Å². The van der Waals surface area contributed by atoms with Gasteiger partial charge in [0.05, 0.1) is 11.4 Å². The fourth-order valence-corrected chi connectivity index (χ4v) is 2.55. The van der Waals surface area contributed by atoms with Crippen LogP contribution < -0.4 is 21.0 Å². The van der Waals surface area contributed by atoms with E-state index in [2.05, 4.69) is 5.32 Å². The second-order valence-corrected chi connectivity index (χ2v) is 5.37. The summed E-state index contributed by atoms with van der Waals surface area (Å²) in [6, 6.07) is 14.3. The molecule has 4 N–H and O–H groups in total. The van der Waals surface area contributed by atoms with Crippen LogP contribution in [0.15, 0.2) is 54.6 Å². The third-order valence-electron chi connectivity index (χ3n) is 3.73. The molecule has 3 aromatic rings. The molecule has 0 aliphatic rings. The molecule has 0 heterocycles. The van der Waals surface area contributed by atoms with Crippen molar-refractivity contribution in [1.82, 2.24) is 0 Å². The van der Waals surface area contributed by atoms with Crippen molar-refractivity contribution < 1.29 is 15.6 Å². The maximum Gasteiger partial charge on any atom is 0.122 e. The first-order valence-corrected chi connectivity index (χ1v) is 7.29. The number of fused-ring (bicyclic) bond motifs is 1. The van der Waals surface area contributed by atoms with Crippen LogP contribution in [0.3, 0.4) is 0 Å². The van der Waals surface area contributed by atoms with Crippen molar-refractivity contribution in [2.24, 2.45) is 0 Å². The van der Waals surface area contributed by atoms with Gasteiger partial charge in [0.25, 0.3) is 0 Å². The van der Waals surface area contributed by atoms with E-state index in [-0.39, 0.29) is 10.9 Å². The molecule has 10 nitrogen and oxygen atoms in total. The van der Waals surface area contributed by atoms with Crippen molar-refractivity contribution in [3.63, 3.8) is 0 Å². The minimum absolute atomic E-state index is 0.228. The lowest BCUT2D eigenvalue weighted by molar-refractivity contribution is 0.0296. The molecule has 3 aromatic carbocycles. The van der Waals surface area contributed by atoms with E-state index in [4.69, 9.17) is 0 Å². The summed E-state index contributed by atoms with van der Waals surface area (Å²) in [4.78, 5) is 0. The lowest BCUT2D eigenvalue weighted by atomic mass is 10.1. The van der Waals surface area contributed by atoms with Crippen molar-refractivity contribution in [3.05, 3.63) is 70.2 Å². The molecule has 0 saturated heterocycles. The lowest BCUT2D eigenvalue weighted by Gasteiger charge is -2.39. The number of nitrogens with zero attached hydrogens (tertiary/aromatic N) is 3. The summed E-state index contributed by atoms with van der Waals surface area (Å²) in [6.07, 6.45) is 0. The van der Waals surface area contributed by atoms with Gasteiger partial charge in [-0.25, -0.2) is 0 Å². The van der Waals surface area contributed by atoms with Crippen LogP contribution in [0.1, 0.15) is 0 Å². The monoisotopic (exact) mass is 357 g/mol. The third-order valence-corrected chi connectivity index (χ3v) is 3.73. The first-order valence-electron chi connectivity index (χ1n) is 7.29. The Morgan fingerprint density at radius 3 is 2.04 bits per heavy atom. The first-order chi connectivity index (χ1) is 12.4. The standard InChI is InChI=1S/C16H13N4O6/c21-18(22)13-8-14(19(23)24)16(15(9-13)20(25)26)17-12-6-5-10-3-1-2-4-11(10)7-12/h1-9,17,23-25H/q-3. The minimum atomic E-state index is -0.834. The Morgan fingerprint density at radius 1 is 0.769 bits per heavy atom. The van der Waals surface area contributed by atoms with Gasteiger partial charge in [0.1, 0.15) is 5.69 Å². The average Bonchev–Trinajstić information content (AvgIpc) is 2.61. The van der Waals surface area contributed by atoms with Gasteiger partial charge in [-0.15, -0.1) is 5.23 Å². The topological polar surface area (TPSA) is 152 Å². The summed E-state index contributed by atoms with van der Waals surface area (Å²) in [5.41, 5.74) is -1.42.